The molecule has 1 aliphatic heterocycles. The monoisotopic (exact) mass is 128 g/mol. The standard InChI is InChI=1S/C7H12O2/c1-5-3-6(2)9-7(5)4-8/h2,5-8H,3-4H2,1H3/t5-,6?,7-/m1/s1. The molecule has 1 aliphatic rings. The lowest BCUT2D eigenvalue weighted by Crippen LogP contribution is -2.18. The minimum absolute atomic E-state index is 0.0278. The van der Waals surface area contributed by atoms with Gasteiger partial charge in [-0.1, -0.05) is 6.92 Å². The van der Waals surface area contributed by atoms with Crippen molar-refractivity contribution < 1.29 is 9.84 Å². The van der Waals surface area contributed by atoms with Crippen molar-refractivity contribution in [2.24, 2.45) is 5.92 Å². The minimum atomic E-state index is -0.155. The molecule has 0 aromatic heterocycles. The topological polar surface area (TPSA) is 29.5 Å². The molecule has 1 saturated heterocycles. The number of rotatable bonds is 1. The predicted molar refractivity (Wildman–Crippen MR) is 33.8 cm³/mol. The molecule has 52 valence electrons. The number of ether oxygens (including phenoxy) is 1. The Balaban J connectivity index is 2.38. The quantitative estimate of drug-likeness (QED) is 0.556. The van der Waals surface area contributed by atoms with E-state index >= 15 is 0 Å². The van der Waals surface area contributed by atoms with E-state index in [1.807, 2.05) is 6.92 Å². The molecular weight excluding hydrogens is 116 g/mol. The third kappa shape index (κ3) is 1.43. The Morgan fingerprint density at radius 1 is 1.78 bits per heavy atom. The second-order valence-electron chi connectivity index (χ2n) is 2.61. The summed E-state index contributed by atoms with van der Waals surface area (Å²) in [6, 6.07) is 0. The van der Waals surface area contributed by atoms with Crippen LogP contribution in [0.3, 0.4) is 0 Å². The second-order valence-corrected chi connectivity index (χ2v) is 2.61. The molecule has 1 N–H and O–H groups in total. The van der Waals surface area contributed by atoms with Crippen molar-refractivity contribution in [3.63, 3.8) is 0 Å². The second kappa shape index (κ2) is 2.67. The van der Waals surface area contributed by atoms with E-state index in [1.165, 1.54) is 0 Å². The molecule has 2 nitrogen and oxygen atoms in total. The minimum Gasteiger partial charge on any atom is -0.394 e. The normalized spacial score (nSPS) is 43.7. The lowest BCUT2D eigenvalue weighted by Gasteiger charge is -2.09. The fourth-order valence-electron chi connectivity index (χ4n) is 1.16. The Labute approximate surface area is 55.8 Å². The van der Waals surface area contributed by atoms with Crippen molar-refractivity contribution in [2.45, 2.75) is 25.6 Å². The average Bonchev–Trinajstić information content (AvgIpc) is 2.10. The van der Waals surface area contributed by atoms with Crippen LogP contribution in [0.25, 0.3) is 0 Å². The molecule has 0 amide bonds. The Kier molecular flexibility index (Phi) is 2.09. The summed E-state index contributed by atoms with van der Waals surface area (Å²) in [5.74, 6) is 0.407. The summed E-state index contributed by atoms with van der Waals surface area (Å²) < 4.78 is 5.15. The first-order chi connectivity index (χ1) is 4.24. The van der Waals surface area contributed by atoms with Gasteiger partial charge in [0.15, 0.2) is 0 Å². The van der Waals surface area contributed by atoms with Gasteiger partial charge in [0.1, 0.15) is 0 Å². The van der Waals surface area contributed by atoms with Gasteiger partial charge < -0.3 is 9.84 Å². The van der Waals surface area contributed by atoms with Crippen molar-refractivity contribution in [1.82, 2.24) is 0 Å². The number of hydrogen-bond donors (Lipinski definition) is 1. The van der Waals surface area contributed by atoms with Crippen LogP contribution in [-0.2, 0) is 4.74 Å². The summed E-state index contributed by atoms with van der Waals surface area (Å²) >= 11 is 0. The predicted octanol–water partition coefficient (Wildman–Crippen LogP) is 0.483. The maximum absolute atomic E-state index is 8.67. The molecule has 1 unspecified atom stereocenters. The lowest BCUT2D eigenvalue weighted by atomic mass is 10.0. The van der Waals surface area contributed by atoms with Gasteiger partial charge in [0, 0.05) is 0 Å². The van der Waals surface area contributed by atoms with Crippen LogP contribution in [-0.4, -0.2) is 23.9 Å². The van der Waals surface area contributed by atoms with Crippen molar-refractivity contribution in [3.8, 4) is 0 Å². The number of aliphatic hydroxyl groups excluding tert-OH is 1. The molecule has 0 saturated carbocycles. The number of aliphatic hydroxyl groups is 1. The molecule has 3 atom stereocenters. The fraction of sp³-hybridized carbons (Fsp3) is 0.857. The molecule has 0 aromatic rings. The first-order valence-electron chi connectivity index (χ1n) is 3.26. The SMILES string of the molecule is [CH]C1C[C@@H](C)[C@@H](CO)O1. The molecule has 0 bridgehead atoms. The summed E-state index contributed by atoms with van der Waals surface area (Å²) in [5.41, 5.74) is 0. The molecule has 0 aromatic carbocycles. The molecule has 1 rings (SSSR count). The summed E-state index contributed by atoms with van der Waals surface area (Å²) in [6.45, 7) is 7.59. The third-order valence-electron chi connectivity index (χ3n) is 1.77. The van der Waals surface area contributed by atoms with E-state index in [4.69, 9.17) is 16.8 Å². The van der Waals surface area contributed by atoms with E-state index in [2.05, 4.69) is 0 Å². The van der Waals surface area contributed by atoms with Gasteiger partial charge >= 0.3 is 0 Å². The van der Waals surface area contributed by atoms with E-state index < -0.39 is 0 Å². The average molecular weight is 128 g/mol. The van der Waals surface area contributed by atoms with Crippen LogP contribution in [0.15, 0.2) is 0 Å². The maximum atomic E-state index is 8.67. The molecule has 0 aliphatic carbocycles. The van der Waals surface area contributed by atoms with Gasteiger partial charge in [0.25, 0.3) is 0 Å². The highest BCUT2D eigenvalue weighted by molar-refractivity contribution is 4.79. The van der Waals surface area contributed by atoms with Gasteiger partial charge in [0.05, 0.1) is 18.8 Å². The van der Waals surface area contributed by atoms with Crippen LogP contribution in [0.1, 0.15) is 13.3 Å². The van der Waals surface area contributed by atoms with Gasteiger partial charge in [-0.25, -0.2) is 0 Å². The zero-order valence-electron chi connectivity index (χ0n) is 5.58. The van der Waals surface area contributed by atoms with Gasteiger partial charge in [-0.05, 0) is 19.3 Å². The van der Waals surface area contributed by atoms with Crippen LogP contribution in [0, 0.1) is 12.8 Å². The van der Waals surface area contributed by atoms with Gasteiger partial charge in [-0.3, -0.25) is 0 Å². The van der Waals surface area contributed by atoms with Crippen LogP contribution in [0.4, 0.5) is 0 Å². The summed E-state index contributed by atoms with van der Waals surface area (Å²) in [6.07, 6.45) is 0.683. The van der Waals surface area contributed by atoms with Crippen molar-refractivity contribution in [1.29, 1.82) is 0 Å². The zero-order valence-corrected chi connectivity index (χ0v) is 5.58. The van der Waals surface area contributed by atoms with Crippen molar-refractivity contribution >= 4 is 0 Å². The largest absolute Gasteiger partial charge is 0.394 e. The highest BCUT2D eigenvalue weighted by atomic mass is 16.5. The van der Waals surface area contributed by atoms with E-state index in [1.54, 1.807) is 0 Å². The number of hydrogen-bond acceptors (Lipinski definition) is 2. The van der Waals surface area contributed by atoms with E-state index in [-0.39, 0.29) is 18.8 Å². The first kappa shape index (κ1) is 7.03. The summed E-state index contributed by atoms with van der Waals surface area (Å²) in [7, 11) is 0. The molecule has 2 radical (unpaired) electrons. The fourth-order valence-corrected chi connectivity index (χ4v) is 1.16. The lowest BCUT2D eigenvalue weighted by molar-refractivity contribution is 0.0178. The maximum Gasteiger partial charge on any atom is 0.0836 e. The van der Waals surface area contributed by atoms with Gasteiger partial charge in [-0.15, -0.1) is 0 Å². The summed E-state index contributed by atoms with van der Waals surface area (Å²) in [5, 5.41) is 8.67. The Morgan fingerprint density at radius 2 is 2.44 bits per heavy atom. The highest BCUT2D eigenvalue weighted by Gasteiger charge is 2.28. The summed E-state index contributed by atoms with van der Waals surface area (Å²) in [4.78, 5) is 0. The van der Waals surface area contributed by atoms with E-state index in [0.717, 1.165) is 6.42 Å². The Bertz CT molecular complexity index is 92.9. The first-order valence-corrected chi connectivity index (χ1v) is 3.26. The zero-order chi connectivity index (χ0) is 6.85. The molecule has 1 fully saturated rings. The smallest absolute Gasteiger partial charge is 0.0836 e. The van der Waals surface area contributed by atoms with Crippen molar-refractivity contribution in [3.05, 3.63) is 6.92 Å². The molecule has 9 heavy (non-hydrogen) atoms. The Morgan fingerprint density at radius 3 is 2.67 bits per heavy atom. The van der Waals surface area contributed by atoms with Crippen LogP contribution in [0.2, 0.25) is 0 Å². The Hall–Kier alpha value is -0.0800. The van der Waals surface area contributed by atoms with Crippen LogP contribution in [0.5, 0.6) is 0 Å². The third-order valence-corrected chi connectivity index (χ3v) is 1.77. The van der Waals surface area contributed by atoms with Gasteiger partial charge in [0.2, 0.25) is 0 Å². The van der Waals surface area contributed by atoms with E-state index in [0.29, 0.717) is 5.92 Å². The molecule has 1 heterocycles. The molecule has 2 heteroatoms. The van der Waals surface area contributed by atoms with Crippen LogP contribution < -0.4 is 0 Å². The van der Waals surface area contributed by atoms with Gasteiger partial charge in [-0.2, -0.15) is 0 Å². The molecule has 0 spiro atoms. The molecular formula is C7H12O2. The van der Waals surface area contributed by atoms with E-state index in [9.17, 15) is 0 Å². The van der Waals surface area contributed by atoms with Crippen molar-refractivity contribution in [2.75, 3.05) is 6.61 Å². The highest BCUT2D eigenvalue weighted by Crippen LogP contribution is 2.24. The van der Waals surface area contributed by atoms with Crippen LogP contribution >= 0.6 is 0 Å².